The molecule has 116 heavy (non-hydrogen) atoms. The van der Waals surface area contributed by atoms with E-state index in [1.807, 2.05) is 0 Å². The minimum atomic E-state index is 1.23. The maximum atomic E-state index is 2.35. The van der Waals surface area contributed by atoms with Gasteiger partial charge in [0.15, 0.2) is 0 Å². The lowest BCUT2D eigenvalue weighted by Crippen LogP contribution is -1.91. The second-order valence-electron chi connectivity index (χ2n) is 30.0. The Morgan fingerprint density at radius 3 is 0.517 bits per heavy atom. The molecule has 0 unspecified atom stereocenters. The first-order valence-corrected chi connectivity index (χ1v) is 40.1. The molecule has 0 aliphatic rings. The molecule has 22 aromatic rings. The summed E-state index contributed by atoms with van der Waals surface area (Å²) in [6.45, 7) is 0. The van der Waals surface area contributed by atoms with Crippen LogP contribution in [-0.2, 0) is 0 Å². The number of hydrogen-bond donors (Lipinski definition) is 0. The number of fused-ring (bicyclic) bond motifs is 8. The lowest BCUT2D eigenvalue weighted by molar-refractivity contribution is 1.60. The number of rotatable bonds is 11. The van der Waals surface area contributed by atoms with Gasteiger partial charge in [-0.05, 0) is 233 Å². The summed E-state index contributed by atoms with van der Waals surface area (Å²) in [4.78, 5) is 0. The van der Waals surface area contributed by atoms with Gasteiger partial charge in [0.2, 0.25) is 0 Å². The fraction of sp³-hybridized carbons (Fsp3) is 0. The fourth-order valence-corrected chi connectivity index (χ4v) is 17.7. The third-order valence-electron chi connectivity index (χ3n) is 23.2. The summed E-state index contributed by atoms with van der Waals surface area (Å²) in [6, 6.07) is 171. The third-order valence-corrected chi connectivity index (χ3v) is 23.2. The highest BCUT2D eigenvalue weighted by atomic mass is 14.2. The van der Waals surface area contributed by atoms with Gasteiger partial charge in [-0.1, -0.05) is 449 Å². The zero-order valence-corrected chi connectivity index (χ0v) is 64.0. The van der Waals surface area contributed by atoms with Crippen molar-refractivity contribution in [3.8, 4) is 122 Å². The van der Waals surface area contributed by atoms with Crippen LogP contribution >= 0.6 is 0 Å². The lowest BCUT2D eigenvalue weighted by atomic mass is 9.85. The molecule has 0 aromatic heterocycles. The van der Waals surface area contributed by atoms with Crippen molar-refractivity contribution in [1.82, 2.24) is 0 Å². The van der Waals surface area contributed by atoms with E-state index in [1.54, 1.807) is 0 Å². The van der Waals surface area contributed by atoms with Gasteiger partial charge in [-0.2, -0.15) is 0 Å². The normalized spacial score (nSPS) is 11.3. The van der Waals surface area contributed by atoms with E-state index < -0.39 is 0 Å². The first kappa shape index (κ1) is 70.1. The van der Waals surface area contributed by atoms with Crippen LogP contribution in [0.25, 0.3) is 209 Å². The van der Waals surface area contributed by atoms with Crippen molar-refractivity contribution < 1.29 is 0 Å². The highest BCUT2D eigenvalue weighted by Crippen LogP contribution is 2.49. The van der Waals surface area contributed by atoms with Gasteiger partial charge in [-0.15, -0.1) is 0 Å². The molecule has 0 heteroatoms. The summed E-state index contributed by atoms with van der Waals surface area (Å²) in [5, 5.41) is 20.4. The van der Waals surface area contributed by atoms with Gasteiger partial charge in [-0.3, -0.25) is 0 Å². The standard InChI is InChI=1S/C42H28.C38H26.C36H24/c1-2-11-29(12-3-1)31-21-24-32(25-22-31)41-37-17-6-8-19-39(37)42(40-20-9-7-18-38(40)41)36-16-10-15-34(28-36)35-26-23-30-13-4-5-14-33(30)27-35;1-3-12-27(13-4-1)29-22-24-30(25-23-29)37-33-18-7-9-20-35(33)38(36-21-10-8-19-34(36)37)32-17-11-16-31(26-32)28-14-5-2-6-15-28;1-2-10-25(11-3-1)27-18-21-28(22-19-27)35-31-14-6-8-16-33(31)36(34-17-9-7-15-32(34)35)30-23-20-26-12-4-5-13-29(26)24-30/h1-28H;1-26H;1-24H. The Morgan fingerprint density at radius 2 is 0.233 bits per heavy atom. The molecule has 22 aromatic carbocycles. The maximum absolute atomic E-state index is 2.35. The van der Waals surface area contributed by atoms with Gasteiger partial charge < -0.3 is 0 Å². The van der Waals surface area contributed by atoms with E-state index >= 15 is 0 Å². The highest BCUT2D eigenvalue weighted by molar-refractivity contribution is 6.25. The Bertz CT molecular complexity index is 7200. The first-order chi connectivity index (χ1) is 57.6. The molecule has 0 heterocycles. The molecule has 0 atom stereocenters. The largest absolute Gasteiger partial charge is 0.0622 e. The average molecular weight is 1470 g/mol. The molecule has 0 spiro atoms. The molecule has 0 saturated carbocycles. The summed E-state index contributed by atoms with van der Waals surface area (Å²) in [5.41, 5.74) is 27.5. The molecule has 0 aliphatic carbocycles. The van der Waals surface area contributed by atoms with Crippen LogP contribution in [0.2, 0.25) is 0 Å². The van der Waals surface area contributed by atoms with Crippen LogP contribution in [0.1, 0.15) is 0 Å². The molecule has 0 saturated heterocycles. The summed E-state index contributed by atoms with van der Waals surface area (Å²) in [7, 11) is 0. The smallest absolute Gasteiger partial charge is 0.00262 e. The molecular weight excluding hydrogens is 1390 g/mol. The van der Waals surface area contributed by atoms with Crippen LogP contribution in [0.3, 0.4) is 0 Å². The van der Waals surface area contributed by atoms with Crippen molar-refractivity contribution in [3.05, 3.63) is 473 Å². The average Bonchev–Trinajstić information content (AvgIpc) is 0.744. The Morgan fingerprint density at radius 1 is 0.0776 bits per heavy atom. The molecule has 0 aliphatic heterocycles. The van der Waals surface area contributed by atoms with Crippen molar-refractivity contribution in [2.24, 2.45) is 0 Å². The topological polar surface area (TPSA) is 0 Å². The molecule has 0 nitrogen and oxygen atoms in total. The summed E-state index contributed by atoms with van der Waals surface area (Å²) >= 11 is 0. The molecule has 0 amide bonds. The predicted molar refractivity (Wildman–Crippen MR) is 499 cm³/mol. The maximum Gasteiger partial charge on any atom is -0.00262 e. The van der Waals surface area contributed by atoms with E-state index in [-0.39, 0.29) is 0 Å². The molecule has 542 valence electrons. The highest BCUT2D eigenvalue weighted by Gasteiger charge is 2.22. The molecule has 22 rings (SSSR count). The van der Waals surface area contributed by atoms with Gasteiger partial charge in [0, 0.05) is 0 Å². The summed E-state index contributed by atoms with van der Waals surface area (Å²) < 4.78 is 0. The van der Waals surface area contributed by atoms with E-state index in [0.29, 0.717) is 0 Å². The van der Waals surface area contributed by atoms with Crippen molar-refractivity contribution in [1.29, 1.82) is 0 Å². The minimum Gasteiger partial charge on any atom is -0.0622 e. The third kappa shape index (κ3) is 13.5. The van der Waals surface area contributed by atoms with Crippen LogP contribution in [0.15, 0.2) is 473 Å². The molecule has 0 fully saturated rings. The quantitative estimate of drug-likeness (QED) is 0.113. The van der Waals surface area contributed by atoms with Crippen molar-refractivity contribution >= 4 is 86.2 Å². The van der Waals surface area contributed by atoms with Gasteiger partial charge in [0.05, 0.1) is 0 Å². The molecular formula is C116H78. The Balaban J connectivity index is 0.000000113. The van der Waals surface area contributed by atoms with E-state index in [1.165, 1.54) is 209 Å². The SMILES string of the molecule is c1ccc(-c2ccc(-c3c4ccccc4c(-c4ccc5ccccc5c4)c4ccccc34)cc2)cc1.c1ccc(-c2ccc(-c3c4ccccc4c(-c4cccc(-c5ccc6ccccc6c5)c4)c4ccccc34)cc2)cc1.c1ccc(-c2ccc(-c3c4ccccc4c(-c4cccc(-c5ccccc5)c4)c4ccccc34)cc2)cc1. The van der Waals surface area contributed by atoms with E-state index in [9.17, 15) is 0 Å². The first-order valence-electron chi connectivity index (χ1n) is 40.1. The summed E-state index contributed by atoms with van der Waals surface area (Å²) in [5.74, 6) is 0. The second-order valence-corrected chi connectivity index (χ2v) is 30.0. The Labute approximate surface area is 677 Å². The minimum absolute atomic E-state index is 1.23. The van der Waals surface area contributed by atoms with Crippen molar-refractivity contribution in [2.75, 3.05) is 0 Å². The van der Waals surface area contributed by atoms with Crippen molar-refractivity contribution in [3.63, 3.8) is 0 Å². The van der Waals surface area contributed by atoms with Crippen LogP contribution in [-0.4, -0.2) is 0 Å². The van der Waals surface area contributed by atoms with Gasteiger partial charge in [0.25, 0.3) is 0 Å². The van der Waals surface area contributed by atoms with E-state index in [4.69, 9.17) is 0 Å². The van der Waals surface area contributed by atoms with Crippen LogP contribution in [0.5, 0.6) is 0 Å². The van der Waals surface area contributed by atoms with E-state index in [2.05, 4.69) is 473 Å². The summed E-state index contributed by atoms with van der Waals surface area (Å²) in [6.07, 6.45) is 0. The van der Waals surface area contributed by atoms with Crippen LogP contribution < -0.4 is 0 Å². The van der Waals surface area contributed by atoms with Gasteiger partial charge >= 0.3 is 0 Å². The van der Waals surface area contributed by atoms with Crippen molar-refractivity contribution in [2.45, 2.75) is 0 Å². The second kappa shape index (κ2) is 31.2. The predicted octanol–water partition coefficient (Wildman–Crippen LogP) is 32.6. The van der Waals surface area contributed by atoms with Gasteiger partial charge in [-0.25, -0.2) is 0 Å². The monoisotopic (exact) mass is 1470 g/mol. The van der Waals surface area contributed by atoms with E-state index in [0.717, 1.165) is 0 Å². The Kier molecular flexibility index (Phi) is 18.9. The van der Waals surface area contributed by atoms with Gasteiger partial charge in [0.1, 0.15) is 0 Å². The zero-order valence-electron chi connectivity index (χ0n) is 64.0. The number of hydrogen-bond acceptors (Lipinski definition) is 0. The molecule has 0 N–H and O–H groups in total. The zero-order chi connectivity index (χ0) is 77.1. The molecule has 0 bridgehead atoms. The lowest BCUT2D eigenvalue weighted by Gasteiger charge is -2.18. The molecule has 0 radical (unpaired) electrons. The van der Waals surface area contributed by atoms with Crippen LogP contribution in [0, 0.1) is 0 Å². The van der Waals surface area contributed by atoms with Crippen LogP contribution in [0.4, 0.5) is 0 Å². The fourth-order valence-electron chi connectivity index (χ4n) is 17.7. The Hall–Kier alpha value is -15.1. The number of benzene rings is 22.